The average Bonchev–Trinajstić information content (AvgIpc) is 3.02. The fourth-order valence-corrected chi connectivity index (χ4v) is 2.52. The molecule has 1 N–H and O–H groups in total. The number of fused-ring (bicyclic) bond motifs is 1. The quantitative estimate of drug-likeness (QED) is 0.696. The van der Waals surface area contributed by atoms with Gasteiger partial charge in [0.25, 0.3) is 5.78 Å². The Balaban J connectivity index is 1.90. The van der Waals surface area contributed by atoms with E-state index in [1.165, 1.54) is 24.0 Å². The Morgan fingerprint density at radius 1 is 1.27 bits per heavy atom. The molecule has 0 aliphatic carbocycles. The second-order valence-electron chi connectivity index (χ2n) is 5.64. The molecule has 1 atom stereocenters. The molecular weight excluding hydrogens is 354 g/mol. The van der Waals surface area contributed by atoms with Gasteiger partial charge >= 0.3 is 6.18 Å². The van der Waals surface area contributed by atoms with Gasteiger partial charge in [-0.15, -0.1) is 0 Å². The molecule has 26 heavy (non-hydrogen) atoms. The predicted molar refractivity (Wildman–Crippen MR) is 84.9 cm³/mol. The van der Waals surface area contributed by atoms with Gasteiger partial charge in [0.1, 0.15) is 18.0 Å². The molecule has 0 spiro atoms. The van der Waals surface area contributed by atoms with Crippen LogP contribution in [0.1, 0.15) is 29.8 Å². The van der Waals surface area contributed by atoms with Crippen LogP contribution in [0.5, 0.6) is 0 Å². The summed E-state index contributed by atoms with van der Waals surface area (Å²) in [6.07, 6.45) is -3.40. The summed E-state index contributed by atoms with van der Waals surface area (Å²) in [6, 6.07) is 4.03. The number of methoxy groups -OCH3 is 1. The van der Waals surface area contributed by atoms with E-state index >= 15 is 0 Å². The van der Waals surface area contributed by atoms with E-state index in [-0.39, 0.29) is 6.61 Å². The topological polar surface area (TPSA) is 64.3 Å². The van der Waals surface area contributed by atoms with Crippen molar-refractivity contribution in [2.75, 3.05) is 12.4 Å². The van der Waals surface area contributed by atoms with Gasteiger partial charge in [-0.05, 0) is 24.6 Å². The van der Waals surface area contributed by atoms with Crippen LogP contribution in [0.3, 0.4) is 0 Å². The molecule has 3 rings (SSSR count). The number of benzene rings is 1. The van der Waals surface area contributed by atoms with Gasteiger partial charge < -0.3 is 10.1 Å². The van der Waals surface area contributed by atoms with Gasteiger partial charge in [0.2, 0.25) is 0 Å². The van der Waals surface area contributed by atoms with Crippen molar-refractivity contribution in [3.8, 4) is 0 Å². The highest BCUT2D eigenvalue weighted by molar-refractivity contribution is 5.46. The predicted octanol–water partition coefficient (Wildman–Crippen LogP) is 3.60. The van der Waals surface area contributed by atoms with Crippen LogP contribution in [0.4, 0.5) is 23.4 Å². The summed E-state index contributed by atoms with van der Waals surface area (Å²) in [6.45, 7) is 1.95. The second kappa shape index (κ2) is 6.87. The number of hydrogen-bond donors (Lipinski definition) is 1. The van der Waals surface area contributed by atoms with Crippen LogP contribution in [0, 0.1) is 5.82 Å². The van der Waals surface area contributed by atoms with E-state index in [0.29, 0.717) is 22.9 Å². The first kappa shape index (κ1) is 18.1. The number of alkyl halides is 3. The van der Waals surface area contributed by atoms with Crippen LogP contribution >= 0.6 is 0 Å². The lowest BCUT2D eigenvalue weighted by atomic mass is 10.1. The third-order valence-corrected chi connectivity index (χ3v) is 3.76. The van der Waals surface area contributed by atoms with Gasteiger partial charge in [0.05, 0.1) is 23.9 Å². The highest BCUT2D eigenvalue weighted by atomic mass is 19.4. The zero-order valence-electron chi connectivity index (χ0n) is 13.9. The highest BCUT2D eigenvalue weighted by Gasteiger charge is 2.34. The Labute approximate surface area is 145 Å². The molecule has 10 heteroatoms. The van der Waals surface area contributed by atoms with Crippen molar-refractivity contribution in [3.63, 3.8) is 0 Å². The van der Waals surface area contributed by atoms with Crippen LogP contribution in [0.15, 0.2) is 30.6 Å². The summed E-state index contributed by atoms with van der Waals surface area (Å²) in [5.74, 6) is -0.468. The van der Waals surface area contributed by atoms with Gasteiger partial charge in [0.15, 0.2) is 0 Å². The van der Waals surface area contributed by atoms with Crippen molar-refractivity contribution in [2.24, 2.45) is 0 Å². The summed E-state index contributed by atoms with van der Waals surface area (Å²) in [4.78, 5) is 8.27. The van der Waals surface area contributed by atoms with Gasteiger partial charge in [-0.1, -0.05) is 6.07 Å². The Hall–Kier alpha value is -2.75. The van der Waals surface area contributed by atoms with Crippen LogP contribution < -0.4 is 5.32 Å². The van der Waals surface area contributed by atoms with Gasteiger partial charge in [-0.3, -0.25) is 0 Å². The van der Waals surface area contributed by atoms with Crippen molar-refractivity contribution >= 4 is 11.6 Å². The summed E-state index contributed by atoms with van der Waals surface area (Å²) in [5.41, 5.74) is -0.339. The van der Waals surface area contributed by atoms with E-state index in [1.54, 1.807) is 13.0 Å². The van der Waals surface area contributed by atoms with E-state index in [9.17, 15) is 17.6 Å². The molecule has 0 saturated heterocycles. The molecule has 0 radical (unpaired) electrons. The first-order chi connectivity index (χ1) is 12.3. The molecule has 0 aliphatic rings. The molecule has 138 valence electrons. The van der Waals surface area contributed by atoms with E-state index in [4.69, 9.17) is 4.74 Å². The minimum absolute atomic E-state index is 0.251. The maximum Gasteiger partial charge on any atom is 0.419 e. The molecule has 6 nitrogen and oxygen atoms in total. The van der Waals surface area contributed by atoms with Crippen LogP contribution in [-0.4, -0.2) is 26.7 Å². The maximum absolute atomic E-state index is 13.8. The zero-order valence-corrected chi connectivity index (χ0v) is 13.9. The van der Waals surface area contributed by atoms with Crippen LogP contribution in [0.2, 0.25) is 0 Å². The molecule has 2 heterocycles. The zero-order chi connectivity index (χ0) is 18.9. The highest BCUT2D eigenvalue weighted by Crippen LogP contribution is 2.32. The first-order valence-corrected chi connectivity index (χ1v) is 7.61. The standard InChI is InChI=1S/C16H15F4N5O/c1-9(10-3-4-12(13(17)5-10)16(18,19)20)23-14-6-11(7-26-2)24-15-21-8-22-25(14)15/h3-6,8-9,23H,7H2,1-2H3/t9-/m1/s1. The van der Waals surface area contributed by atoms with Crippen molar-refractivity contribution in [1.82, 2.24) is 19.6 Å². The fourth-order valence-electron chi connectivity index (χ4n) is 2.52. The number of hydrogen-bond acceptors (Lipinski definition) is 5. The summed E-state index contributed by atoms with van der Waals surface area (Å²) in [7, 11) is 1.52. The number of rotatable bonds is 5. The van der Waals surface area contributed by atoms with Crippen molar-refractivity contribution in [1.29, 1.82) is 0 Å². The maximum atomic E-state index is 13.8. The Bertz CT molecular complexity index is 925. The molecule has 3 aromatic rings. The summed E-state index contributed by atoms with van der Waals surface area (Å²) < 4.78 is 58.4. The molecule has 0 aliphatic heterocycles. The SMILES string of the molecule is COCc1cc(N[C@H](C)c2ccc(C(F)(F)F)c(F)c2)n2ncnc2n1. The Morgan fingerprint density at radius 3 is 2.69 bits per heavy atom. The fraction of sp³-hybridized carbons (Fsp3) is 0.312. The lowest BCUT2D eigenvalue weighted by Gasteiger charge is -2.18. The van der Waals surface area contributed by atoms with Crippen molar-refractivity contribution < 1.29 is 22.3 Å². The average molecular weight is 369 g/mol. The van der Waals surface area contributed by atoms with Crippen molar-refractivity contribution in [2.45, 2.75) is 25.7 Å². The molecule has 0 unspecified atom stereocenters. The van der Waals surface area contributed by atoms with Crippen LogP contribution in [0.25, 0.3) is 5.78 Å². The number of nitrogens with one attached hydrogen (secondary N) is 1. The van der Waals surface area contributed by atoms with E-state index < -0.39 is 23.6 Å². The molecule has 0 amide bonds. The third kappa shape index (κ3) is 3.59. The first-order valence-electron chi connectivity index (χ1n) is 7.61. The number of ether oxygens (including phenoxy) is 1. The van der Waals surface area contributed by atoms with E-state index in [1.807, 2.05) is 0 Å². The van der Waals surface area contributed by atoms with Gasteiger partial charge in [-0.2, -0.15) is 27.8 Å². The minimum atomic E-state index is -4.73. The van der Waals surface area contributed by atoms with E-state index in [0.717, 1.165) is 12.1 Å². The summed E-state index contributed by atoms with van der Waals surface area (Å²) in [5, 5.41) is 7.14. The van der Waals surface area contributed by atoms with E-state index in [2.05, 4.69) is 20.4 Å². The summed E-state index contributed by atoms with van der Waals surface area (Å²) >= 11 is 0. The normalized spacial score (nSPS) is 13.2. The number of aromatic nitrogens is 4. The number of nitrogens with zero attached hydrogens (tertiary/aromatic N) is 4. The molecular formula is C16H15F4N5O. The Kier molecular flexibility index (Phi) is 4.77. The molecule has 0 saturated carbocycles. The minimum Gasteiger partial charge on any atom is -0.378 e. The monoisotopic (exact) mass is 369 g/mol. The van der Waals surface area contributed by atoms with Gasteiger partial charge in [-0.25, -0.2) is 9.37 Å². The van der Waals surface area contributed by atoms with Crippen LogP contribution in [-0.2, 0) is 17.5 Å². The molecule has 0 fully saturated rings. The smallest absolute Gasteiger partial charge is 0.378 e. The lowest BCUT2D eigenvalue weighted by Crippen LogP contribution is -2.14. The molecule has 1 aromatic carbocycles. The third-order valence-electron chi connectivity index (χ3n) is 3.76. The lowest BCUT2D eigenvalue weighted by molar-refractivity contribution is -0.140. The van der Waals surface area contributed by atoms with Gasteiger partial charge in [0, 0.05) is 13.2 Å². The molecule has 0 bridgehead atoms. The number of anilines is 1. The van der Waals surface area contributed by atoms with Crippen molar-refractivity contribution in [3.05, 3.63) is 53.2 Å². The Morgan fingerprint density at radius 2 is 2.04 bits per heavy atom. The number of halogens is 4. The largest absolute Gasteiger partial charge is 0.419 e. The molecule has 2 aromatic heterocycles. The second-order valence-corrected chi connectivity index (χ2v) is 5.64.